The summed E-state index contributed by atoms with van der Waals surface area (Å²) in [7, 11) is 1.89. The number of hydrogen-bond donors (Lipinski definition) is 0. The third-order valence-corrected chi connectivity index (χ3v) is 4.90. The monoisotopic (exact) mass is 351 g/mol. The van der Waals surface area contributed by atoms with Crippen molar-refractivity contribution in [2.24, 2.45) is 7.05 Å². The van der Waals surface area contributed by atoms with E-state index in [-0.39, 0.29) is 0 Å². The average Bonchev–Trinajstić information content (AvgIpc) is 3.02. The van der Waals surface area contributed by atoms with E-state index in [2.05, 4.69) is 31.4 Å². The summed E-state index contributed by atoms with van der Waals surface area (Å²) in [6.07, 6.45) is 4.93. The molecule has 0 N–H and O–H groups in total. The largest absolute Gasteiger partial charge is 0.305 e. The number of aryl methyl sites for hydroxylation is 1. The fourth-order valence-corrected chi connectivity index (χ4v) is 3.41. The lowest BCUT2D eigenvalue weighted by Crippen LogP contribution is -2.05. The van der Waals surface area contributed by atoms with Crippen LogP contribution >= 0.6 is 11.8 Å². The maximum atomic E-state index is 9.60. The molecule has 0 aliphatic carbocycles. The van der Waals surface area contributed by atoms with E-state index < -0.39 is 0 Å². The second-order valence-corrected chi connectivity index (χ2v) is 6.28. The molecule has 0 unspecified atom stereocenters. The molecule has 0 aliphatic rings. The molecule has 0 bridgehead atoms. The number of nitriles is 1. The quantitative estimate of drug-likeness (QED) is 0.697. The van der Waals surface area contributed by atoms with Crippen molar-refractivity contribution in [3.63, 3.8) is 0 Å². The molecule has 3 heterocycles. The van der Waals surface area contributed by atoms with Crippen LogP contribution < -0.4 is 0 Å². The lowest BCUT2D eigenvalue weighted by molar-refractivity contribution is 0.781. The summed E-state index contributed by atoms with van der Waals surface area (Å²) in [5.74, 6) is 0.734. The van der Waals surface area contributed by atoms with Crippen LogP contribution in [0, 0.1) is 11.3 Å². The van der Waals surface area contributed by atoms with Crippen LogP contribution in [0.1, 0.15) is 30.7 Å². The minimum atomic E-state index is 0.563. The summed E-state index contributed by atoms with van der Waals surface area (Å²) in [5.41, 5.74) is 3.34. The van der Waals surface area contributed by atoms with E-state index in [1.807, 2.05) is 37.6 Å². The van der Waals surface area contributed by atoms with Crippen LogP contribution in [-0.4, -0.2) is 29.9 Å². The van der Waals surface area contributed by atoms with E-state index in [9.17, 15) is 5.26 Å². The van der Waals surface area contributed by atoms with Crippen LogP contribution in [0.5, 0.6) is 0 Å². The Bertz CT molecular complexity index is 928. The van der Waals surface area contributed by atoms with E-state index in [4.69, 9.17) is 0 Å². The van der Waals surface area contributed by atoms with Gasteiger partial charge in [-0.1, -0.05) is 13.8 Å². The molecule has 8 heteroatoms. The maximum absolute atomic E-state index is 9.60. The van der Waals surface area contributed by atoms with Crippen molar-refractivity contribution in [1.29, 1.82) is 5.26 Å². The SMILES string of the molecule is CCc1nnc(Sc2nnc(-c3ccncc3)n2C)c(C#N)c1CC. The number of aromatic nitrogens is 6. The zero-order valence-electron chi connectivity index (χ0n) is 14.3. The Hall–Kier alpha value is -2.79. The Morgan fingerprint density at radius 1 is 1.08 bits per heavy atom. The predicted octanol–water partition coefficient (Wildman–Crippen LogP) is 2.81. The van der Waals surface area contributed by atoms with Crippen LogP contribution in [0.3, 0.4) is 0 Å². The molecule has 0 aromatic carbocycles. The van der Waals surface area contributed by atoms with Crippen molar-refractivity contribution in [1.82, 2.24) is 29.9 Å². The highest BCUT2D eigenvalue weighted by Crippen LogP contribution is 2.31. The Morgan fingerprint density at radius 3 is 2.48 bits per heavy atom. The smallest absolute Gasteiger partial charge is 0.197 e. The standard InChI is InChI=1S/C17H17N7S/c1-4-12-13(10-18)16(22-20-14(12)5-2)25-17-23-21-15(24(17)3)11-6-8-19-9-7-11/h6-9H,4-5H2,1-3H3. The Balaban J connectivity index is 1.99. The fraction of sp³-hybridized carbons (Fsp3) is 0.294. The Labute approximate surface area is 150 Å². The second kappa shape index (κ2) is 7.40. The van der Waals surface area contributed by atoms with Gasteiger partial charge in [-0.05, 0) is 42.3 Å². The minimum absolute atomic E-state index is 0.563. The van der Waals surface area contributed by atoms with Gasteiger partial charge in [0.1, 0.15) is 11.1 Å². The van der Waals surface area contributed by atoms with Crippen molar-refractivity contribution in [3.8, 4) is 17.5 Å². The van der Waals surface area contributed by atoms with Gasteiger partial charge in [-0.25, -0.2) is 0 Å². The van der Waals surface area contributed by atoms with Gasteiger partial charge in [-0.3, -0.25) is 4.98 Å². The molecule has 0 saturated carbocycles. The third kappa shape index (κ3) is 3.23. The highest BCUT2D eigenvalue weighted by molar-refractivity contribution is 7.99. The van der Waals surface area contributed by atoms with Gasteiger partial charge in [0, 0.05) is 25.0 Å². The molecule has 0 radical (unpaired) electrons. The molecule has 3 aromatic rings. The van der Waals surface area contributed by atoms with E-state index in [1.165, 1.54) is 11.8 Å². The third-order valence-electron chi connectivity index (χ3n) is 3.89. The normalized spacial score (nSPS) is 10.6. The first-order valence-corrected chi connectivity index (χ1v) is 8.77. The zero-order valence-corrected chi connectivity index (χ0v) is 15.1. The van der Waals surface area contributed by atoms with Gasteiger partial charge in [0.15, 0.2) is 11.0 Å². The van der Waals surface area contributed by atoms with E-state index in [0.29, 0.717) is 15.7 Å². The summed E-state index contributed by atoms with van der Waals surface area (Å²) in [6.45, 7) is 4.04. The van der Waals surface area contributed by atoms with E-state index in [0.717, 1.165) is 35.5 Å². The Kier molecular flexibility index (Phi) is 5.05. The molecule has 0 atom stereocenters. The maximum Gasteiger partial charge on any atom is 0.197 e. The molecule has 0 spiro atoms. The molecular formula is C17H17N7S. The highest BCUT2D eigenvalue weighted by Gasteiger charge is 2.19. The highest BCUT2D eigenvalue weighted by atomic mass is 32.2. The van der Waals surface area contributed by atoms with Gasteiger partial charge in [0.05, 0.1) is 11.3 Å². The van der Waals surface area contributed by atoms with Gasteiger partial charge in [0.25, 0.3) is 0 Å². The van der Waals surface area contributed by atoms with Crippen molar-refractivity contribution >= 4 is 11.8 Å². The molecule has 0 fully saturated rings. The molecule has 7 nitrogen and oxygen atoms in total. The van der Waals surface area contributed by atoms with Gasteiger partial charge in [0.2, 0.25) is 0 Å². The Morgan fingerprint density at radius 2 is 1.84 bits per heavy atom. The number of nitrogens with zero attached hydrogens (tertiary/aromatic N) is 7. The zero-order chi connectivity index (χ0) is 17.8. The van der Waals surface area contributed by atoms with Crippen molar-refractivity contribution in [3.05, 3.63) is 41.3 Å². The first-order chi connectivity index (χ1) is 12.2. The van der Waals surface area contributed by atoms with E-state index >= 15 is 0 Å². The van der Waals surface area contributed by atoms with Crippen LogP contribution in [-0.2, 0) is 19.9 Å². The van der Waals surface area contributed by atoms with Gasteiger partial charge >= 0.3 is 0 Å². The van der Waals surface area contributed by atoms with Gasteiger partial charge in [-0.2, -0.15) is 10.4 Å². The summed E-state index contributed by atoms with van der Waals surface area (Å²) < 4.78 is 1.88. The van der Waals surface area contributed by atoms with Crippen LogP contribution in [0.25, 0.3) is 11.4 Å². The average molecular weight is 351 g/mol. The van der Waals surface area contributed by atoms with Gasteiger partial charge < -0.3 is 4.57 Å². The van der Waals surface area contributed by atoms with Crippen LogP contribution in [0.4, 0.5) is 0 Å². The first kappa shape index (κ1) is 17.0. The lowest BCUT2D eigenvalue weighted by atomic mass is 10.1. The molecule has 25 heavy (non-hydrogen) atoms. The lowest BCUT2D eigenvalue weighted by Gasteiger charge is -2.09. The predicted molar refractivity (Wildman–Crippen MR) is 93.9 cm³/mol. The number of rotatable bonds is 5. The molecule has 0 saturated heterocycles. The van der Waals surface area contributed by atoms with Crippen LogP contribution in [0.15, 0.2) is 34.7 Å². The molecule has 3 aromatic heterocycles. The summed E-state index contributed by atoms with van der Waals surface area (Å²) in [4.78, 5) is 4.02. The summed E-state index contributed by atoms with van der Waals surface area (Å²) >= 11 is 1.31. The molecule has 0 aliphatic heterocycles. The first-order valence-electron chi connectivity index (χ1n) is 7.95. The van der Waals surface area contributed by atoms with E-state index in [1.54, 1.807) is 12.4 Å². The fourth-order valence-electron chi connectivity index (χ4n) is 2.58. The molecule has 3 rings (SSSR count). The molecule has 0 amide bonds. The minimum Gasteiger partial charge on any atom is -0.305 e. The summed E-state index contributed by atoms with van der Waals surface area (Å²) in [5, 5.41) is 27.8. The number of pyridine rings is 1. The van der Waals surface area contributed by atoms with Crippen LogP contribution in [0.2, 0.25) is 0 Å². The topological polar surface area (TPSA) is 93.2 Å². The second-order valence-electron chi connectivity index (χ2n) is 5.33. The molecule has 126 valence electrons. The van der Waals surface area contributed by atoms with Gasteiger partial charge in [-0.15, -0.1) is 15.3 Å². The van der Waals surface area contributed by atoms with Crippen molar-refractivity contribution in [2.45, 2.75) is 36.9 Å². The van der Waals surface area contributed by atoms with Crippen molar-refractivity contribution < 1.29 is 0 Å². The van der Waals surface area contributed by atoms with Crippen molar-refractivity contribution in [2.75, 3.05) is 0 Å². The summed E-state index contributed by atoms with van der Waals surface area (Å²) in [6, 6.07) is 6.04. The number of hydrogen-bond acceptors (Lipinski definition) is 7. The molecular weight excluding hydrogens is 334 g/mol.